The van der Waals surface area contributed by atoms with E-state index in [4.69, 9.17) is 10.8 Å². The Bertz CT molecular complexity index is 242. The maximum Gasteiger partial charge on any atom is 0.227 e. The van der Waals surface area contributed by atoms with E-state index in [2.05, 4.69) is 5.32 Å². The number of aliphatic hydroxyl groups is 1. The van der Waals surface area contributed by atoms with Crippen molar-refractivity contribution in [1.82, 2.24) is 5.32 Å². The zero-order chi connectivity index (χ0) is 11.3. The molecule has 1 aliphatic rings. The standard InChI is InChI=1S/C9H16N2O3S/c10-8(13)5-15-2-1-9(14)11-6-3-7(12)4-6/h6-7,12H,1-5H2,(H2,10,13)(H,11,14). The summed E-state index contributed by atoms with van der Waals surface area (Å²) in [5.41, 5.74) is 4.95. The fraction of sp³-hybridized carbons (Fsp3) is 0.778. The van der Waals surface area contributed by atoms with E-state index in [1.54, 1.807) is 0 Å². The Morgan fingerprint density at radius 2 is 2.13 bits per heavy atom. The summed E-state index contributed by atoms with van der Waals surface area (Å²) in [6.07, 6.45) is 1.45. The molecule has 1 rings (SSSR count). The Hall–Kier alpha value is -0.750. The highest BCUT2D eigenvalue weighted by Crippen LogP contribution is 2.19. The van der Waals surface area contributed by atoms with Crippen molar-refractivity contribution in [2.75, 3.05) is 11.5 Å². The normalized spacial score (nSPS) is 24.3. The molecule has 0 heterocycles. The van der Waals surface area contributed by atoms with Gasteiger partial charge in [0.25, 0.3) is 0 Å². The molecule has 0 radical (unpaired) electrons. The Kier molecular flexibility index (Phi) is 4.90. The van der Waals surface area contributed by atoms with E-state index in [0.717, 1.165) is 0 Å². The van der Waals surface area contributed by atoms with E-state index >= 15 is 0 Å². The maximum absolute atomic E-state index is 11.3. The highest BCUT2D eigenvalue weighted by atomic mass is 32.2. The third-order valence-electron chi connectivity index (χ3n) is 2.20. The van der Waals surface area contributed by atoms with Crippen LogP contribution in [0.5, 0.6) is 0 Å². The first-order chi connectivity index (χ1) is 7.08. The van der Waals surface area contributed by atoms with Crippen LogP contribution in [0.4, 0.5) is 0 Å². The molecule has 0 aromatic carbocycles. The molecule has 0 aromatic rings. The first-order valence-electron chi connectivity index (χ1n) is 4.91. The first-order valence-corrected chi connectivity index (χ1v) is 6.07. The SMILES string of the molecule is NC(=O)CSCCC(=O)NC1CC(O)C1. The van der Waals surface area contributed by atoms with Crippen LogP contribution in [0.3, 0.4) is 0 Å². The summed E-state index contributed by atoms with van der Waals surface area (Å²) < 4.78 is 0. The van der Waals surface area contributed by atoms with Crippen molar-refractivity contribution < 1.29 is 14.7 Å². The minimum Gasteiger partial charge on any atom is -0.393 e. The number of hydrogen-bond donors (Lipinski definition) is 3. The van der Waals surface area contributed by atoms with E-state index in [1.165, 1.54) is 11.8 Å². The van der Waals surface area contributed by atoms with Gasteiger partial charge in [-0.05, 0) is 12.8 Å². The molecule has 1 fully saturated rings. The van der Waals surface area contributed by atoms with Gasteiger partial charge in [0.1, 0.15) is 0 Å². The molecule has 0 bridgehead atoms. The van der Waals surface area contributed by atoms with E-state index in [0.29, 0.717) is 25.0 Å². The van der Waals surface area contributed by atoms with Crippen molar-refractivity contribution in [2.24, 2.45) is 5.73 Å². The quantitative estimate of drug-likeness (QED) is 0.525. The number of carbonyl (C=O) groups is 2. The van der Waals surface area contributed by atoms with Crippen molar-refractivity contribution in [2.45, 2.75) is 31.4 Å². The first kappa shape index (κ1) is 12.3. The number of primary amides is 1. The monoisotopic (exact) mass is 232 g/mol. The smallest absolute Gasteiger partial charge is 0.227 e. The highest BCUT2D eigenvalue weighted by molar-refractivity contribution is 7.99. The molecule has 0 atom stereocenters. The van der Waals surface area contributed by atoms with Crippen molar-refractivity contribution >= 4 is 23.6 Å². The molecule has 0 spiro atoms. The van der Waals surface area contributed by atoms with Gasteiger partial charge in [-0.1, -0.05) is 0 Å². The van der Waals surface area contributed by atoms with Gasteiger partial charge in [-0.25, -0.2) is 0 Å². The van der Waals surface area contributed by atoms with E-state index in [9.17, 15) is 9.59 Å². The van der Waals surface area contributed by atoms with Crippen LogP contribution in [0.2, 0.25) is 0 Å². The van der Waals surface area contributed by atoms with Crippen LogP contribution in [0.1, 0.15) is 19.3 Å². The van der Waals surface area contributed by atoms with Gasteiger partial charge >= 0.3 is 0 Å². The minimum atomic E-state index is -0.359. The average Bonchev–Trinajstić information content (AvgIpc) is 2.10. The van der Waals surface area contributed by atoms with Gasteiger partial charge in [-0.3, -0.25) is 9.59 Å². The van der Waals surface area contributed by atoms with Gasteiger partial charge in [0.2, 0.25) is 11.8 Å². The number of rotatable bonds is 6. The topological polar surface area (TPSA) is 92.4 Å². The van der Waals surface area contributed by atoms with Crippen LogP contribution in [-0.4, -0.2) is 40.6 Å². The Labute approximate surface area is 92.8 Å². The predicted octanol–water partition coefficient (Wildman–Crippen LogP) is -0.765. The average molecular weight is 232 g/mol. The molecule has 0 aliphatic heterocycles. The molecule has 1 aliphatic carbocycles. The zero-order valence-electron chi connectivity index (χ0n) is 8.44. The summed E-state index contributed by atoms with van der Waals surface area (Å²) >= 11 is 1.36. The van der Waals surface area contributed by atoms with Crippen LogP contribution in [-0.2, 0) is 9.59 Å². The Morgan fingerprint density at radius 1 is 1.47 bits per heavy atom. The summed E-state index contributed by atoms with van der Waals surface area (Å²) in [6, 6.07) is 0.133. The lowest BCUT2D eigenvalue weighted by Gasteiger charge is -2.31. The second kappa shape index (κ2) is 5.97. The van der Waals surface area contributed by atoms with Crippen molar-refractivity contribution in [1.29, 1.82) is 0 Å². The number of hydrogen-bond acceptors (Lipinski definition) is 4. The van der Waals surface area contributed by atoms with E-state index in [1.807, 2.05) is 0 Å². The van der Waals surface area contributed by atoms with E-state index < -0.39 is 0 Å². The highest BCUT2D eigenvalue weighted by Gasteiger charge is 2.27. The number of carbonyl (C=O) groups excluding carboxylic acids is 2. The van der Waals surface area contributed by atoms with Gasteiger partial charge in [-0.15, -0.1) is 0 Å². The summed E-state index contributed by atoms with van der Waals surface area (Å²) in [4.78, 5) is 21.7. The van der Waals surface area contributed by atoms with Crippen molar-refractivity contribution in [3.05, 3.63) is 0 Å². The zero-order valence-corrected chi connectivity index (χ0v) is 9.26. The molecule has 0 saturated heterocycles. The molecule has 2 amide bonds. The second-order valence-corrected chi connectivity index (χ2v) is 4.76. The number of amides is 2. The Balaban J connectivity index is 1.97. The lowest BCUT2D eigenvalue weighted by Crippen LogP contribution is -2.46. The lowest BCUT2D eigenvalue weighted by molar-refractivity contribution is -0.122. The number of aliphatic hydroxyl groups excluding tert-OH is 1. The largest absolute Gasteiger partial charge is 0.393 e. The van der Waals surface area contributed by atoms with Gasteiger partial charge < -0.3 is 16.2 Å². The molecule has 1 saturated carbocycles. The van der Waals surface area contributed by atoms with Crippen LogP contribution >= 0.6 is 11.8 Å². The molecule has 15 heavy (non-hydrogen) atoms. The van der Waals surface area contributed by atoms with Gasteiger partial charge in [0.05, 0.1) is 11.9 Å². The summed E-state index contributed by atoms with van der Waals surface area (Å²) in [7, 11) is 0. The fourth-order valence-corrected chi connectivity index (χ4v) is 2.02. The second-order valence-electron chi connectivity index (χ2n) is 3.66. The Morgan fingerprint density at radius 3 is 2.67 bits per heavy atom. The third-order valence-corrected chi connectivity index (χ3v) is 3.18. The number of nitrogens with one attached hydrogen (secondary N) is 1. The van der Waals surface area contributed by atoms with Crippen LogP contribution in [0.25, 0.3) is 0 Å². The van der Waals surface area contributed by atoms with Crippen molar-refractivity contribution in [3.8, 4) is 0 Å². The van der Waals surface area contributed by atoms with Crippen LogP contribution < -0.4 is 11.1 Å². The predicted molar refractivity (Wildman–Crippen MR) is 58.3 cm³/mol. The van der Waals surface area contributed by atoms with Crippen LogP contribution in [0.15, 0.2) is 0 Å². The maximum atomic E-state index is 11.3. The molecular formula is C9H16N2O3S. The molecule has 0 unspecified atom stereocenters. The van der Waals surface area contributed by atoms with Crippen LogP contribution in [0, 0.1) is 0 Å². The summed E-state index contributed by atoms with van der Waals surface area (Å²) in [5.74, 6) is 0.478. The number of nitrogens with two attached hydrogens (primary N) is 1. The van der Waals surface area contributed by atoms with Gasteiger partial charge in [0.15, 0.2) is 0 Å². The van der Waals surface area contributed by atoms with Gasteiger partial charge in [0, 0.05) is 18.2 Å². The third kappa shape index (κ3) is 5.03. The molecule has 5 nitrogen and oxygen atoms in total. The summed E-state index contributed by atoms with van der Waals surface area (Å²) in [5, 5.41) is 11.8. The van der Waals surface area contributed by atoms with E-state index in [-0.39, 0.29) is 29.7 Å². The molecule has 6 heteroatoms. The number of thioether (sulfide) groups is 1. The lowest BCUT2D eigenvalue weighted by atomic mass is 9.89. The molecular weight excluding hydrogens is 216 g/mol. The van der Waals surface area contributed by atoms with Gasteiger partial charge in [-0.2, -0.15) is 11.8 Å². The van der Waals surface area contributed by atoms with Crippen molar-refractivity contribution in [3.63, 3.8) is 0 Å². The molecule has 86 valence electrons. The summed E-state index contributed by atoms with van der Waals surface area (Å²) in [6.45, 7) is 0. The fourth-order valence-electron chi connectivity index (χ4n) is 1.34. The minimum absolute atomic E-state index is 0.0242. The molecule has 0 aromatic heterocycles. The molecule has 4 N–H and O–H groups in total.